The summed E-state index contributed by atoms with van der Waals surface area (Å²) in [4.78, 5) is 30.6. The van der Waals surface area contributed by atoms with Crippen molar-refractivity contribution in [2.24, 2.45) is 4.99 Å². The van der Waals surface area contributed by atoms with Gasteiger partial charge < -0.3 is 21.9 Å². The lowest BCUT2D eigenvalue weighted by Gasteiger charge is -2.41. The molecule has 4 rings (SSSR count). The van der Waals surface area contributed by atoms with Crippen molar-refractivity contribution in [1.82, 2.24) is 40.3 Å². The average molecular weight is 464 g/mol. The van der Waals surface area contributed by atoms with Gasteiger partial charge in [0.05, 0.1) is 12.1 Å². The minimum absolute atomic E-state index is 0.0386. The number of carbonyl (C=O) groups excluding carboxylic acids is 1. The number of piperidine rings is 1. The summed E-state index contributed by atoms with van der Waals surface area (Å²) in [6.45, 7) is 2.70. The number of carbonyl (C=O) groups is 1. The van der Waals surface area contributed by atoms with Crippen molar-refractivity contribution < 1.29 is 9.90 Å². The fourth-order valence-electron chi connectivity index (χ4n) is 3.91. The quantitative estimate of drug-likeness (QED) is 0.363. The topological polar surface area (TPSA) is 185 Å². The zero-order valence-electron chi connectivity index (χ0n) is 17.4. The van der Waals surface area contributed by atoms with Crippen LogP contribution in [0.4, 0.5) is 11.6 Å². The molecule has 0 aromatic carbocycles. The van der Waals surface area contributed by atoms with Crippen LogP contribution in [0.25, 0.3) is 0 Å². The van der Waals surface area contributed by atoms with Crippen LogP contribution >= 0.6 is 11.6 Å². The second-order valence-corrected chi connectivity index (χ2v) is 8.33. The number of nitrogens with one attached hydrogen (secondary N) is 2. The lowest BCUT2D eigenvalue weighted by atomic mass is 9.88. The summed E-state index contributed by atoms with van der Waals surface area (Å²) in [7, 11) is 0. The van der Waals surface area contributed by atoms with Gasteiger partial charge in [0.25, 0.3) is 5.91 Å². The molecule has 1 unspecified atom stereocenters. The fourth-order valence-corrected chi connectivity index (χ4v) is 4.03. The molecule has 0 bridgehead atoms. The van der Waals surface area contributed by atoms with Crippen LogP contribution in [0.5, 0.6) is 0 Å². The third kappa shape index (κ3) is 4.89. The second kappa shape index (κ2) is 9.22. The number of likely N-dealkylation sites (tertiary alicyclic amines) is 1. The number of amides is 1. The Bertz CT molecular complexity index is 989. The lowest BCUT2D eigenvalue weighted by molar-refractivity contribution is -0.0276. The van der Waals surface area contributed by atoms with Crippen molar-refractivity contribution in [3.05, 3.63) is 23.5 Å². The van der Waals surface area contributed by atoms with Crippen LogP contribution in [0.15, 0.2) is 17.6 Å². The Morgan fingerprint density at radius 3 is 2.81 bits per heavy atom. The van der Waals surface area contributed by atoms with Gasteiger partial charge in [0.1, 0.15) is 18.9 Å². The minimum atomic E-state index is -0.569. The van der Waals surface area contributed by atoms with E-state index >= 15 is 0 Å². The molecule has 1 spiro atoms. The summed E-state index contributed by atoms with van der Waals surface area (Å²) in [6, 6.07) is 0. The van der Waals surface area contributed by atoms with Crippen LogP contribution in [0.3, 0.4) is 0 Å². The number of rotatable bonds is 6. The largest absolute Gasteiger partial charge is 0.382 e. The molecule has 1 saturated heterocycles. The van der Waals surface area contributed by atoms with Crippen LogP contribution in [0.1, 0.15) is 36.2 Å². The number of anilines is 2. The molecule has 2 aromatic heterocycles. The molecule has 2 aromatic rings. The number of hydrogen-bond donors (Lipinski definition) is 5. The van der Waals surface area contributed by atoms with E-state index in [1.807, 2.05) is 0 Å². The minimum Gasteiger partial charge on any atom is -0.382 e. The predicted molar refractivity (Wildman–Crippen MR) is 118 cm³/mol. The Labute approximate surface area is 189 Å². The first-order valence-electron chi connectivity index (χ1n) is 10.3. The summed E-state index contributed by atoms with van der Waals surface area (Å²) < 4.78 is 1.76. The summed E-state index contributed by atoms with van der Waals surface area (Å²) in [6.07, 6.45) is 5.70. The van der Waals surface area contributed by atoms with Crippen LogP contribution in [-0.2, 0) is 6.54 Å². The van der Waals surface area contributed by atoms with Gasteiger partial charge >= 0.3 is 0 Å². The van der Waals surface area contributed by atoms with Crippen molar-refractivity contribution in [2.75, 3.05) is 31.1 Å². The van der Waals surface area contributed by atoms with Gasteiger partial charge in [-0.25, -0.2) is 15.0 Å². The van der Waals surface area contributed by atoms with E-state index in [0.29, 0.717) is 18.9 Å². The monoisotopic (exact) mass is 463 g/mol. The first-order chi connectivity index (χ1) is 15.3. The van der Waals surface area contributed by atoms with E-state index in [1.165, 1.54) is 6.33 Å². The third-order valence-corrected chi connectivity index (χ3v) is 6.05. The van der Waals surface area contributed by atoms with E-state index < -0.39 is 12.1 Å². The van der Waals surface area contributed by atoms with Gasteiger partial charge in [0, 0.05) is 19.6 Å². The fraction of sp³-hybridized carbons (Fsp3) is 0.556. The number of nitrogens with two attached hydrogens (primary N) is 2. The summed E-state index contributed by atoms with van der Waals surface area (Å²) in [5, 5.41) is 20.5. The second-order valence-electron chi connectivity index (χ2n) is 7.98. The summed E-state index contributed by atoms with van der Waals surface area (Å²) >= 11 is 5.85. The molecule has 172 valence electrons. The van der Waals surface area contributed by atoms with Crippen LogP contribution < -0.4 is 22.1 Å². The lowest BCUT2D eigenvalue weighted by Crippen LogP contribution is -2.57. The zero-order valence-corrected chi connectivity index (χ0v) is 18.2. The molecule has 7 N–H and O–H groups in total. The number of aryl methyl sites for hydroxylation is 1. The van der Waals surface area contributed by atoms with E-state index in [1.54, 1.807) is 11.0 Å². The number of nitrogen functional groups attached to an aromatic ring is 2. The number of aliphatic imine (C=N–C) groups is 1. The predicted octanol–water partition coefficient (Wildman–Crippen LogP) is -0.792. The Balaban J connectivity index is 1.24. The standard InChI is InChI=1S/C18H26ClN11O2/c19-13-15(21)26-14(20)12(25-13)16(32)27-17-23-8-18(28-17)3-6-29(7-4-18)11(31)2-1-5-30-10-22-9-24-30/h9-11,31H,1-8H2,(H4,20,21,26)(H2,23,27,28,32). The molecular formula is C18H26ClN11O2. The third-order valence-electron chi connectivity index (χ3n) is 5.77. The highest BCUT2D eigenvalue weighted by atomic mass is 35.5. The zero-order chi connectivity index (χ0) is 22.7. The first-order valence-corrected chi connectivity index (χ1v) is 10.7. The molecular weight excluding hydrogens is 438 g/mol. The molecule has 0 saturated carbocycles. The van der Waals surface area contributed by atoms with E-state index in [9.17, 15) is 9.90 Å². The Morgan fingerprint density at radius 1 is 1.31 bits per heavy atom. The van der Waals surface area contributed by atoms with E-state index in [4.69, 9.17) is 23.1 Å². The number of aromatic nitrogens is 5. The Morgan fingerprint density at radius 2 is 2.09 bits per heavy atom. The number of aliphatic hydroxyl groups is 1. The molecule has 1 atom stereocenters. The molecule has 32 heavy (non-hydrogen) atoms. The van der Waals surface area contributed by atoms with Gasteiger partial charge in [-0.1, -0.05) is 11.6 Å². The number of aliphatic hydroxyl groups excluding tert-OH is 1. The molecule has 13 nitrogen and oxygen atoms in total. The van der Waals surface area contributed by atoms with Crippen molar-refractivity contribution in [1.29, 1.82) is 0 Å². The Kier molecular flexibility index (Phi) is 6.39. The van der Waals surface area contributed by atoms with Crippen molar-refractivity contribution in [3.63, 3.8) is 0 Å². The molecule has 0 aliphatic carbocycles. The Hall–Kier alpha value is -3.03. The highest BCUT2D eigenvalue weighted by Crippen LogP contribution is 2.27. The van der Waals surface area contributed by atoms with Gasteiger partial charge in [-0.05, 0) is 25.7 Å². The van der Waals surface area contributed by atoms with Crippen molar-refractivity contribution >= 4 is 35.1 Å². The average Bonchev–Trinajstić information content (AvgIpc) is 3.41. The highest BCUT2D eigenvalue weighted by Gasteiger charge is 2.40. The highest BCUT2D eigenvalue weighted by molar-refractivity contribution is 6.31. The van der Waals surface area contributed by atoms with Crippen LogP contribution in [-0.4, -0.2) is 78.0 Å². The van der Waals surface area contributed by atoms with E-state index in [0.717, 1.165) is 38.9 Å². The van der Waals surface area contributed by atoms with E-state index in [-0.39, 0.29) is 28.0 Å². The van der Waals surface area contributed by atoms with Crippen molar-refractivity contribution in [3.8, 4) is 0 Å². The maximum absolute atomic E-state index is 12.5. The molecule has 2 aliphatic heterocycles. The molecule has 4 heterocycles. The number of nitrogens with zero attached hydrogens (tertiary/aromatic N) is 7. The smallest absolute Gasteiger partial charge is 0.280 e. The van der Waals surface area contributed by atoms with Crippen molar-refractivity contribution in [2.45, 2.75) is 44.0 Å². The van der Waals surface area contributed by atoms with Gasteiger partial charge in [0.2, 0.25) is 0 Å². The van der Waals surface area contributed by atoms with Gasteiger partial charge in [0.15, 0.2) is 28.4 Å². The van der Waals surface area contributed by atoms with Gasteiger partial charge in [-0.3, -0.25) is 24.7 Å². The normalized spacial score (nSPS) is 18.9. The molecule has 1 fully saturated rings. The maximum atomic E-state index is 12.5. The maximum Gasteiger partial charge on any atom is 0.280 e. The van der Waals surface area contributed by atoms with E-state index in [2.05, 4.69) is 40.6 Å². The summed E-state index contributed by atoms with van der Waals surface area (Å²) in [5.74, 6) is -0.362. The molecule has 2 aliphatic rings. The first kappa shape index (κ1) is 22.2. The van der Waals surface area contributed by atoms with Crippen LogP contribution in [0.2, 0.25) is 5.15 Å². The summed E-state index contributed by atoms with van der Waals surface area (Å²) in [5.41, 5.74) is 10.9. The molecule has 0 radical (unpaired) electrons. The van der Waals surface area contributed by atoms with Gasteiger partial charge in [-0.2, -0.15) is 5.10 Å². The SMILES string of the molecule is Nc1nc(N)c(C(=O)NC2=NCC3(CCN(C(O)CCCn4cncn4)CC3)N2)nc1Cl. The van der Waals surface area contributed by atoms with Gasteiger partial charge in [-0.15, -0.1) is 0 Å². The number of halogens is 1. The number of hydrogen-bond acceptors (Lipinski definition) is 11. The van der Waals surface area contributed by atoms with Crippen LogP contribution in [0, 0.1) is 0 Å². The number of guanidine groups is 1. The molecule has 1 amide bonds. The molecule has 14 heteroatoms.